The maximum atomic E-state index is 13.2. The van der Waals surface area contributed by atoms with E-state index in [1.807, 2.05) is 25.1 Å². The molecule has 10 heteroatoms. The average molecular weight is 495 g/mol. The minimum absolute atomic E-state index is 0.125. The van der Waals surface area contributed by atoms with Gasteiger partial charge in [0.1, 0.15) is 22.9 Å². The molecule has 10 nitrogen and oxygen atoms in total. The summed E-state index contributed by atoms with van der Waals surface area (Å²) in [6.45, 7) is 5.42. The number of nitrogens with one attached hydrogen (secondary N) is 1. The van der Waals surface area contributed by atoms with Crippen LogP contribution in [-0.4, -0.2) is 50.5 Å². The number of carbonyl (C=O) groups is 3. The number of carbonyl (C=O) groups excluding carboxylic acids is 3. The van der Waals surface area contributed by atoms with Crippen molar-refractivity contribution in [1.82, 2.24) is 19.7 Å². The molecule has 0 aliphatic carbocycles. The van der Waals surface area contributed by atoms with Gasteiger partial charge in [0.25, 0.3) is 17.7 Å². The molecule has 0 saturated carbocycles. The zero-order valence-corrected chi connectivity index (χ0v) is 20.6. The fourth-order valence-corrected chi connectivity index (χ4v) is 4.42. The predicted molar refractivity (Wildman–Crippen MR) is 135 cm³/mol. The van der Waals surface area contributed by atoms with E-state index < -0.39 is 11.8 Å². The molecule has 0 spiro atoms. The van der Waals surface area contributed by atoms with Crippen molar-refractivity contribution in [1.29, 1.82) is 5.26 Å². The lowest BCUT2D eigenvalue weighted by Gasteiger charge is -2.17. The van der Waals surface area contributed by atoms with E-state index in [0.29, 0.717) is 17.1 Å². The number of anilines is 1. The second-order valence-corrected chi connectivity index (χ2v) is 8.87. The number of pyridine rings is 1. The van der Waals surface area contributed by atoms with Crippen LogP contribution in [0.25, 0.3) is 16.7 Å². The molecule has 2 aromatic carbocycles. The number of aryl methyl sites for hydroxylation is 1. The van der Waals surface area contributed by atoms with Crippen LogP contribution in [0.15, 0.2) is 48.7 Å². The Bertz CT molecular complexity index is 1660. The number of aromatic nitrogens is 3. The molecule has 0 saturated heterocycles. The first-order valence-corrected chi connectivity index (χ1v) is 11.5. The number of nitrogens with zero attached hydrogens (tertiary/aromatic N) is 5. The Kier molecular flexibility index (Phi) is 5.68. The second-order valence-electron chi connectivity index (χ2n) is 8.87. The number of hydrogen-bond acceptors (Lipinski definition) is 7. The van der Waals surface area contributed by atoms with Crippen LogP contribution in [0.3, 0.4) is 0 Å². The first-order chi connectivity index (χ1) is 17.7. The lowest BCUT2D eigenvalue weighted by Crippen LogP contribution is -2.35. The predicted octanol–water partition coefficient (Wildman–Crippen LogP) is 3.87. The Morgan fingerprint density at radius 3 is 2.57 bits per heavy atom. The van der Waals surface area contributed by atoms with Crippen LogP contribution < -0.4 is 10.1 Å². The molecule has 37 heavy (non-hydrogen) atoms. The molecular formula is C27H22N6O4. The fourth-order valence-electron chi connectivity index (χ4n) is 4.42. The summed E-state index contributed by atoms with van der Waals surface area (Å²) in [5.74, 6) is -0.320. The summed E-state index contributed by atoms with van der Waals surface area (Å²) in [6.07, 6.45) is 1.34. The SMILES string of the molecule is COc1cccc2c(C)cc(-n3ncc(C#N)c3NC(=O)c3ccc4c(c3)C(=O)N(C(C)C)C4=O)nc12. The quantitative estimate of drug-likeness (QED) is 0.417. The summed E-state index contributed by atoms with van der Waals surface area (Å²) in [5.41, 5.74) is 2.23. The van der Waals surface area contributed by atoms with Gasteiger partial charge in [-0.05, 0) is 56.7 Å². The molecule has 184 valence electrons. The highest BCUT2D eigenvalue weighted by molar-refractivity contribution is 6.22. The van der Waals surface area contributed by atoms with E-state index in [1.165, 1.54) is 29.1 Å². The van der Waals surface area contributed by atoms with E-state index in [2.05, 4.69) is 15.4 Å². The third kappa shape index (κ3) is 3.77. The van der Waals surface area contributed by atoms with Gasteiger partial charge in [0.2, 0.25) is 0 Å². The smallest absolute Gasteiger partial charge is 0.261 e. The lowest BCUT2D eigenvalue weighted by molar-refractivity contribution is 0.0609. The van der Waals surface area contributed by atoms with E-state index in [0.717, 1.165) is 15.8 Å². The van der Waals surface area contributed by atoms with Gasteiger partial charge in [-0.2, -0.15) is 15.0 Å². The van der Waals surface area contributed by atoms with Crippen LogP contribution in [0.4, 0.5) is 5.82 Å². The molecule has 5 rings (SSSR count). The summed E-state index contributed by atoms with van der Waals surface area (Å²) < 4.78 is 6.83. The molecule has 0 unspecified atom stereocenters. The van der Waals surface area contributed by atoms with Crippen LogP contribution >= 0.6 is 0 Å². The van der Waals surface area contributed by atoms with E-state index >= 15 is 0 Å². The van der Waals surface area contributed by atoms with Gasteiger partial charge in [0.05, 0.1) is 24.4 Å². The second kappa shape index (κ2) is 8.87. The van der Waals surface area contributed by atoms with Crippen LogP contribution in [0.2, 0.25) is 0 Å². The van der Waals surface area contributed by atoms with Gasteiger partial charge in [0, 0.05) is 17.0 Å². The van der Waals surface area contributed by atoms with E-state index in [-0.39, 0.29) is 40.0 Å². The molecule has 1 aliphatic heterocycles. The largest absolute Gasteiger partial charge is 0.494 e. The number of benzene rings is 2. The van der Waals surface area contributed by atoms with Gasteiger partial charge < -0.3 is 10.1 Å². The van der Waals surface area contributed by atoms with Gasteiger partial charge in [0.15, 0.2) is 11.6 Å². The third-order valence-electron chi connectivity index (χ3n) is 6.25. The molecule has 0 radical (unpaired) electrons. The Labute approximate surface area is 212 Å². The van der Waals surface area contributed by atoms with Crippen LogP contribution in [-0.2, 0) is 0 Å². The summed E-state index contributed by atoms with van der Waals surface area (Å²) in [5, 5.41) is 17.6. The third-order valence-corrected chi connectivity index (χ3v) is 6.25. The molecule has 3 amide bonds. The number of nitriles is 1. The summed E-state index contributed by atoms with van der Waals surface area (Å²) in [6, 6.07) is 13.4. The molecule has 1 aliphatic rings. The minimum Gasteiger partial charge on any atom is -0.494 e. The van der Waals surface area contributed by atoms with Crippen molar-refractivity contribution < 1.29 is 19.1 Å². The highest BCUT2D eigenvalue weighted by Crippen LogP contribution is 2.30. The normalized spacial score (nSPS) is 12.7. The van der Waals surface area contributed by atoms with Gasteiger partial charge in [-0.25, -0.2) is 4.98 Å². The van der Waals surface area contributed by atoms with Crippen molar-refractivity contribution >= 4 is 34.4 Å². The van der Waals surface area contributed by atoms with Gasteiger partial charge in [-0.15, -0.1) is 0 Å². The topological polar surface area (TPSA) is 130 Å². The first-order valence-electron chi connectivity index (χ1n) is 11.5. The Hall–Kier alpha value is -5.04. The van der Waals surface area contributed by atoms with Crippen molar-refractivity contribution in [2.75, 3.05) is 12.4 Å². The van der Waals surface area contributed by atoms with Crippen molar-refractivity contribution in [3.8, 4) is 17.6 Å². The number of fused-ring (bicyclic) bond motifs is 2. The number of para-hydroxylation sites is 1. The molecule has 0 fully saturated rings. The van der Waals surface area contributed by atoms with E-state index in [9.17, 15) is 19.6 Å². The number of amides is 3. The van der Waals surface area contributed by atoms with E-state index in [4.69, 9.17) is 4.74 Å². The van der Waals surface area contributed by atoms with Gasteiger partial charge >= 0.3 is 0 Å². The maximum absolute atomic E-state index is 13.2. The molecule has 0 bridgehead atoms. The monoisotopic (exact) mass is 494 g/mol. The van der Waals surface area contributed by atoms with Crippen LogP contribution in [0.1, 0.15) is 56.0 Å². The summed E-state index contributed by atoms with van der Waals surface area (Å²) in [4.78, 5) is 44.4. The number of methoxy groups -OCH3 is 1. The van der Waals surface area contributed by atoms with Crippen molar-refractivity contribution in [3.63, 3.8) is 0 Å². The number of rotatable bonds is 5. The zero-order valence-electron chi connectivity index (χ0n) is 20.6. The molecule has 2 aromatic heterocycles. The number of hydrogen-bond donors (Lipinski definition) is 1. The number of imide groups is 1. The molecular weight excluding hydrogens is 472 g/mol. The lowest BCUT2D eigenvalue weighted by atomic mass is 10.1. The van der Waals surface area contributed by atoms with Crippen LogP contribution in [0, 0.1) is 18.3 Å². The van der Waals surface area contributed by atoms with Crippen molar-refractivity contribution in [2.45, 2.75) is 26.8 Å². The summed E-state index contributed by atoms with van der Waals surface area (Å²) in [7, 11) is 1.56. The van der Waals surface area contributed by atoms with E-state index in [1.54, 1.807) is 33.1 Å². The summed E-state index contributed by atoms with van der Waals surface area (Å²) >= 11 is 0. The van der Waals surface area contributed by atoms with Gasteiger partial charge in [-0.1, -0.05) is 12.1 Å². The average Bonchev–Trinajstić information content (AvgIpc) is 3.40. The Morgan fingerprint density at radius 1 is 1.11 bits per heavy atom. The minimum atomic E-state index is -0.570. The van der Waals surface area contributed by atoms with Crippen LogP contribution in [0.5, 0.6) is 5.75 Å². The molecule has 1 N–H and O–H groups in total. The van der Waals surface area contributed by atoms with Gasteiger partial charge in [-0.3, -0.25) is 19.3 Å². The Balaban J connectivity index is 1.54. The fraction of sp³-hybridized carbons (Fsp3) is 0.185. The highest BCUT2D eigenvalue weighted by Gasteiger charge is 2.37. The first kappa shape index (κ1) is 23.7. The van der Waals surface area contributed by atoms with Crippen molar-refractivity contribution in [2.24, 2.45) is 0 Å². The maximum Gasteiger partial charge on any atom is 0.261 e. The Morgan fingerprint density at radius 2 is 1.86 bits per heavy atom. The number of ether oxygens (including phenoxy) is 1. The molecule has 3 heterocycles. The molecule has 0 atom stereocenters. The zero-order chi connectivity index (χ0) is 26.4. The standard InChI is InChI=1S/C27H22N6O4/c1-14(2)32-26(35)19-9-8-16(11-20(19)27(32)36)25(34)31-24-17(12-28)13-29-33(24)22-10-15(3)18-6-5-7-21(37-4)23(18)30-22/h5-11,13-14H,1-4H3,(H,31,34). The highest BCUT2D eigenvalue weighted by atomic mass is 16.5. The molecule has 4 aromatic rings. The van der Waals surface area contributed by atoms with Crippen molar-refractivity contribution in [3.05, 3.63) is 76.5 Å².